The van der Waals surface area contributed by atoms with Crippen LogP contribution in [0.2, 0.25) is 0 Å². The predicted molar refractivity (Wildman–Crippen MR) is 74.3 cm³/mol. The molecule has 0 saturated heterocycles. The fourth-order valence-corrected chi connectivity index (χ4v) is 2.28. The van der Waals surface area contributed by atoms with Crippen LogP contribution < -0.4 is 5.32 Å². The summed E-state index contributed by atoms with van der Waals surface area (Å²) in [5.74, 6) is 0.875. The second-order valence-electron chi connectivity index (χ2n) is 5.26. The lowest BCUT2D eigenvalue weighted by Gasteiger charge is -2.06. The van der Waals surface area contributed by atoms with Crippen LogP contribution in [0.5, 0.6) is 0 Å². The number of benzene rings is 1. The van der Waals surface area contributed by atoms with Crippen LogP contribution in [0.3, 0.4) is 0 Å². The molecule has 0 amide bonds. The highest BCUT2D eigenvalue weighted by Gasteiger charge is 2.23. The van der Waals surface area contributed by atoms with Crippen molar-refractivity contribution in [2.45, 2.75) is 57.9 Å². The second kappa shape index (κ2) is 6.80. The fourth-order valence-electron chi connectivity index (χ4n) is 2.28. The minimum absolute atomic E-state index is 0.875. The van der Waals surface area contributed by atoms with E-state index in [4.69, 9.17) is 0 Å². The van der Waals surface area contributed by atoms with Gasteiger partial charge < -0.3 is 5.32 Å². The average Bonchev–Trinajstić information content (AvgIpc) is 3.18. The second-order valence-corrected chi connectivity index (χ2v) is 5.26. The Kier molecular flexibility index (Phi) is 5.06. The van der Waals surface area contributed by atoms with Crippen LogP contribution in [0.25, 0.3) is 0 Å². The Morgan fingerprint density at radius 3 is 2.82 bits per heavy atom. The minimum atomic E-state index is 0.875. The van der Waals surface area contributed by atoms with E-state index in [1.807, 2.05) is 0 Å². The van der Waals surface area contributed by atoms with Gasteiger partial charge in [-0.05, 0) is 42.9 Å². The van der Waals surface area contributed by atoms with Gasteiger partial charge in [0.2, 0.25) is 0 Å². The van der Waals surface area contributed by atoms with Crippen molar-refractivity contribution >= 4 is 0 Å². The van der Waals surface area contributed by atoms with E-state index in [1.165, 1.54) is 44.1 Å². The molecule has 1 fully saturated rings. The molecule has 17 heavy (non-hydrogen) atoms. The first-order chi connectivity index (χ1) is 8.40. The van der Waals surface area contributed by atoms with Crippen molar-refractivity contribution in [3.8, 4) is 0 Å². The average molecular weight is 231 g/mol. The summed E-state index contributed by atoms with van der Waals surface area (Å²) in [5, 5.41) is 3.55. The van der Waals surface area contributed by atoms with E-state index in [1.54, 1.807) is 5.56 Å². The molecule has 2 rings (SSSR count). The van der Waals surface area contributed by atoms with Crippen LogP contribution in [0.15, 0.2) is 24.3 Å². The standard InChI is InChI=1S/C16H25N/c1-2-3-4-5-11-17-13-14-7-6-8-16(12-14)15-9-10-15/h6-8,12,15,17H,2-5,9-11,13H2,1H3. The maximum atomic E-state index is 3.55. The van der Waals surface area contributed by atoms with Gasteiger partial charge in [0.15, 0.2) is 0 Å². The molecule has 1 N–H and O–H groups in total. The minimum Gasteiger partial charge on any atom is -0.313 e. The predicted octanol–water partition coefficient (Wildman–Crippen LogP) is 4.23. The van der Waals surface area contributed by atoms with Gasteiger partial charge in [-0.15, -0.1) is 0 Å². The first-order valence-corrected chi connectivity index (χ1v) is 7.19. The van der Waals surface area contributed by atoms with E-state index in [2.05, 4.69) is 36.5 Å². The maximum Gasteiger partial charge on any atom is 0.0205 e. The largest absolute Gasteiger partial charge is 0.313 e. The Bertz CT molecular complexity index is 328. The number of unbranched alkanes of at least 4 members (excludes halogenated alkanes) is 3. The lowest BCUT2D eigenvalue weighted by molar-refractivity contribution is 0.598. The number of hydrogen-bond acceptors (Lipinski definition) is 1. The Labute approximate surface area is 106 Å². The fraction of sp³-hybridized carbons (Fsp3) is 0.625. The van der Waals surface area contributed by atoms with E-state index in [-0.39, 0.29) is 0 Å². The molecule has 1 aliphatic rings. The molecule has 0 unspecified atom stereocenters. The van der Waals surface area contributed by atoms with Gasteiger partial charge >= 0.3 is 0 Å². The normalized spacial score (nSPS) is 15.1. The van der Waals surface area contributed by atoms with E-state index < -0.39 is 0 Å². The quantitative estimate of drug-likeness (QED) is 0.660. The van der Waals surface area contributed by atoms with Gasteiger partial charge in [0.25, 0.3) is 0 Å². The molecule has 0 heterocycles. The van der Waals surface area contributed by atoms with Crippen molar-refractivity contribution in [2.24, 2.45) is 0 Å². The van der Waals surface area contributed by atoms with Gasteiger partial charge in [-0.3, -0.25) is 0 Å². The zero-order valence-electron chi connectivity index (χ0n) is 11.0. The molecule has 0 bridgehead atoms. The SMILES string of the molecule is CCCCCCNCc1cccc(C2CC2)c1. The topological polar surface area (TPSA) is 12.0 Å². The lowest BCUT2D eigenvalue weighted by atomic mass is 10.1. The third-order valence-electron chi connectivity index (χ3n) is 3.54. The molecular formula is C16H25N. The molecule has 1 heteroatoms. The van der Waals surface area contributed by atoms with Gasteiger partial charge in [-0.25, -0.2) is 0 Å². The Balaban J connectivity index is 1.66. The van der Waals surface area contributed by atoms with Crippen LogP contribution >= 0.6 is 0 Å². The monoisotopic (exact) mass is 231 g/mol. The molecule has 94 valence electrons. The van der Waals surface area contributed by atoms with Gasteiger partial charge in [-0.2, -0.15) is 0 Å². The highest BCUT2D eigenvalue weighted by atomic mass is 14.8. The van der Waals surface area contributed by atoms with Gasteiger partial charge in [0.05, 0.1) is 0 Å². The van der Waals surface area contributed by atoms with Crippen molar-refractivity contribution in [1.82, 2.24) is 5.32 Å². The molecular weight excluding hydrogens is 206 g/mol. The van der Waals surface area contributed by atoms with Crippen LogP contribution in [0.4, 0.5) is 0 Å². The maximum absolute atomic E-state index is 3.55. The molecule has 0 radical (unpaired) electrons. The van der Waals surface area contributed by atoms with Gasteiger partial charge in [-0.1, -0.05) is 50.5 Å². The van der Waals surface area contributed by atoms with Gasteiger partial charge in [0, 0.05) is 6.54 Å². The Morgan fingerprint density at radius 2 is 2.06 bits per heavy atom. The lowest BCUT2D eigenvalue weighted by Crippen LogP contribution is -2.14. The molecule has 0 atom stereocenters. The molecule has 0 spiro atoms. The third-order valence-corrected chi connectivity index (χ3v) is 3.54. The molecule has 1 aliphatic carbocycles. The Hall–Kier alpha value is -0.820. The molecule has 1 saturated carbocycles. The van der Waals surface area contributed by atoms with Crippen molar-refractivity contribution in [1.29, 1.82) is 0 Å². The van der Waals surface area contributed by atoms with E-state index in [9.17, 15) is 0 Å². The summed E-state index contributed by atoms with van der Waals surface area (Å²) >= 11 is 0. The summed E-state index contributed by atoms with van der Waals surface area (Å²) in [5.41, 5.74) is 3.00. The summed E-state index contributed by atoms with van der Waals surface area (Å²) < 4.78 is 0. The summed E-state index contributed by atoms with van der Waals surface area (Å²) in [6.45, 7) is 4.46. The number of nitrogens with one attached hydrogen (secondary N) is 1. The summed E-state index contributed by atoms with van der Waals surface area (Å²) in [7, 11) is 0. The van der Waals surface area contributed by atoms with Crippen LogP contribution in [0, 0.1) is 0 Å². The summed E-state index contributed by atoms with van der Waals surface area (Å²) in [6.07, 6.45) is 8.17. The summed E-state index contributed by atoms with van der Waals surface area (Å²) in [4.78, 5) is 0. The van der Waals surface area contributed by atoms with Crippen LogP contribution in [-0.2, 0) is 6.54 Å². The van der Waals surface area contributed by atoms with Crippen molar-refractivity contribution in [3.05, 3.63) is 35.4 Å². The molecule has 1 aromatic rings. The van der Waals surface area contributed by atoms with E-state index in [0.29, 0.717) is 0 Å². The summed E-state index contributed by atoms with van der Waals surface area (Å²) in [6, 6.07) is 9.12. The van der Waals surface area contributed by atoms with Gasteiger partial charge in [0.1, 0.15) is 0 Å². The highest BCUT2D eigenvalue weighted by Crippen LogP contribution is 2.40. The number of hydrogen-bond donors (Lipinski definition) is 1. The Morgan fingerprint density at radius 1 is 1.18 bits per heavy atom. The smallest absolute Gasteiger partial charge is 0.0205 e. The van der Waals surface area contributed by atoms with Crippen molar-refractivity contribution in [2.75, 3.05) is 6.54 Å². The van der Waals surface area contributed by atoms with Crippen molar-refractivity contribution < 1.29 is 0 Å². The third kappa shape index (κ3) is 4.51. The highest BCUT2D eigenvalue weighted by molar-refractivity contribution is 5.28. The van der Waals surface area contributed by atoms with E-state index in [0.717, 1.165) is 19.0 Å². The van der Waals surface area contributed by atoms with Crippen LogP contribution in [-0.4, -0.2) is 6.54 Å². The first kappa shape index (κ1) is 12.6. The number of rotatable bonds is 8. The molecule has 1 aromatic carbocycles. The first-order valence-electron chi connectivity index (χ1n) is 7.19. The molecule has 1 nitrogen and oxygen atoms in total. The zero-order valence-corrected chi connectivity index (χ0v) is 11.0. The van der Waals surface area contributed by atoms with Crippen molar-refractivity contribution in [3.63, 3.8) is 0 Å². The van der Waals surface area contributed by atoms with E-state index >= 15 is 0 Å². The van der Waals surface area contributed by atoms with Crippen LogP contribution in [0.1, 0.15) is 62.5 Å². The molecule has 0 aromatic heterocycles. The molecule has 0 aliphatic heterocycles. The zero-order chi connectivity index (χ0) is 11.9.